The molecule has 1 N–H and O–H groups in total. The number of carbonyl (C=O) groups is 1. The summed E-state index contributed by atoms with van der Waals surface area (Å²) in [5.41, 5.74) is 0. The molecule has 0 aromatic heterocycles. The number of carbonyl (C=O) groups excluding carboxylic acids is 1. The van der Waals surface area contributed by atoms with Crippen LogP contribution in [0.1, 0.15) is 0 Å². The number of alkyl halides is 1. The van der Waals surface area contributed by atoms with Crippen LogP contribution in [0.2, 0.25) is 0 Å². The van der Waals surface area contributed by atoms with E-state index in [-0.39, 0.29) is 5.91 Å². The number of rotatable bonds is 1. The third-order valence-corrected chi connectivity index (χ3v) is 1.00. The standard InChI is InChI=1S/C2H4BrNOS/c3-1-2(5)4-6/h6H,1H2,(H,4,5). The van der Waals surface area contributed by atoms with Crippen LogP contribution in [0.5, 0.6) is 0 Å². The van der Waals surface area contributed by atoms with Gasteiger partial charge in [-0.1, -0.05) is 28.7 Å². The van der Waals surface area contributed by atoms with Crippen LogP contribution in [0.4, 0.5) is 0 Å². The van der Waals surface area contributed by atoms with E-state index in [1.165, 1.54) is 0 Å². The largest absolute Gasteiger partial charge is 0.302 e. The van der Waals surface area contributed by atoms with Gasteiger partial charge in [0.1, 0.15) is 0 Å². The molecule has 0 heterocycles. The summed E-state index contributed by atoms with van der Waals surface area (Å²) in [7, 11) is 0. The molecule has 0 atom stereocenters. The monoisotopic (exact) mass is 169 g/mol. The van der Waals surface area contributed by atoms with Gasteiger partial charge in [-0.15, -0.1) is 0 Å². The molecule has 0 saturated carbocycles. The summed E-state index contributed by atoms with van der Waals surface area (Å²) in [5.74, 6) is -0.127. The summed E-state index contributed by atoms with van der Waals surface area (Å²) in [6.07, 6.45) is 0. The minimum atomic E-state index is -0.127. The van der Waals surface area contributed by atoms with Crippen molar-refractivity contribution in [1.29, 1.82) is 0 Å². The lowest BCUT2D eigenvalue weighted by molar-refractivity contribution is -0.116. The fourth-order valence-corrected chi connectivity index (χ4v) is 0.466. The van der Waals surface area contributed by atoms with E-state index in [1.807, 2.05) is 0 Å². The van der Waals surface area contributed by atoms with Gasteiger partial charge in [0.05, 0.1) is 5.33 Å². The molecule has 0 aliphatic rings. The summed E-state index contributed by atoms with van der Waals surface area (Å²) >= 11 is 6.38. The van der Waals surface area contributed by atoms with Crippen molar-refractivity contribution >= 4 is 34.7 Å². The Labute approximate surface area is 50.0 Å². The first kappa shape index (κ1) is 6.30. The van der Waals surface area contributed by atoms with Crippen LogP contribution < -0.4 is 4.72 Å². The average Bonchev–Trinajstić information content (AvgIpc) is 1.65. The van der Waals surface area contributed by atoms with E-state index in [9.17, 15) is 4.79 Å². The summed E-state index contributed by atoms with van der Waals surface area (Å²) < 4.78 is 2.12. The molecule has 6 heavy (non-hydrogen) atoms. The quantitative estimate of drug-likeness (QED) is 0.431. The Morgan fingerprint density at radius 2 is 2.50 bits per heavy atom. The fourth-order valence-electron chi connectivity index (χ4n) is 0.0299. The van der Waals surface area contributed by atoms with Crippen molar-refractivity contribution < 1.29 is 4.79 Å². The van der Waals surface area contributed by atoms with Gasteiger partial charge in [-0.05, 0) is 0 Å². The zero-order valence-corrected chi connectivity index (χ0v) is 5.42. The van der Waals surface area contributed by atoms with E-state index in [1.54, 1.807) is 0 Å². The van der Waals surface area contributed by atoms with Crippen molar-refractivity contribution in [1.82, 2.24) is 4.72 Å². The van der Waals surface area contributed by atoms with E-state index in [4.69, 9.17) is 0 Å². The van der Waals surface area contributed by atoms with E-state index in [0.717, 1.165) is 0 Å². The van der Waals surface area contributed by atoms with Gasteiger partial charge in [0, 0.05) is 0 Å². The second-order valence-corrected chi connectivity index (χ2v) is 1.45. The zero-order valence-electron chi connectivity index (χ0n) is 2.94. The minimum absolute atomic E-state index is 0.127. The lowest BCUT2D eigenvalue weighted by Crippen LogP contribution is -2.12. The molecule has 0 rings (SSSR count). The maximum Gasteiger partial charge on any atom is 0.240 e. The van der Waals surface area contributed by atoms with Crippen molar-refractivity contribution in [3.63, 3.8) is 0 Å². The highest BCUT2D eigenvalue weighted by molar-refractivity contribution is 9.09. The second kappa shape index (κ2) is 3.49. The number of hydrogen-bond donors (Lipinski definition) is 2. The molecule has 0 aromatic carbocycles. The third-order valence-electron chi connectivity index (χ3n) is 0.246. The predicted octanol–water partition coefficient (Wildman–Crippen LogP) is 0.342. The van der Waals surface area contributed by atoms with Gasteiger partial charge in [-0.25, -0.2) is 0 Å². The van der Waals surface area contributed by atoms with Gasteiger partial charge in [-0.2, -0.15) is 0 Å². The molecule has 0 aliphatic carbocycles. The number of thiol groups is 1. The maximum absolute atomic E-state index is 9.95. The van der Waals surface area contributed by atoms with Gasteiger partial charge in [0.15, 0.2) is 0 Å². The molecular formula is C2H4BrNOS. The fraction of sp³-hybridized carbons (Fsp3) is 0.500. The van der Waals surface area contributed by atoms with Crippen LogP contribution in [0.3, 0.4) is 0 Å². The number of halogens is 1. The average molecular weight is 170 g/mol. The van der Waals surface area contributed by atoms with Gasteiger partial charge in [-0.3, -0.25) is 4.79 Å². The second-order valence-electron chi connectivity index (χ2n) is 0.669. The van der Waals surface area contributed by atoms with Crippen LogP contribution in [0, 0.1) is 0 Å². The zero-order chi connectivity index (χ0) is 4.99. The Bertz CT molecular complexity index is 51.5. The first-order chi connectivity index (χ1) is 2.81. The molecule has 2 nitrogen and oxygen atoms in total. The molecule has 0 bridgehead atoms. The normalized spacial score (nSPS) is 7.67. The van der Waals surface area contributed by atoms with Gasteiger partial charge < -0.3 is 4.72 Å². The number of hydrogen-bond acceptors (Lipinski definition) is 2. The van der Waals surface area contributed by atoms with E-state index < -0.39 is 0 Å². The number of nitrogens with one attached hydrogen (secondary N) is 1. The summed E-state index contributed by atoms with van der Waals surface area (Å²) in [6.45, 7) is 0. The first-order valence-electron chi connectivity index (χ1n) is 1.30. The topological polar surface area (TPSA) is 29.1 Å². The van der Waals surface area contributed by atoms with Crippen LogP contribution in [-0.2, 0) is 4.79 Å². The highest BCUT2D eigenvalue weighted by atomic mass is 79.9. The smallest absolute Gasteiger partial charge is 0.240 e. The van der Waals surface area contributed by atoms with Crippen LogP contribution in [-0.4, -0.2) is 11.2 Å². The SMILES string of the molecule is O=C(CBr)NS. The van der Waals surface area contributed by atoms with Crippen LogP contribution >= 0.6 is 28.7 Å². The molecule has 36 valence electrons. The van der Waals surface area contributed by atoms with Crippen LogP contribution in [0.25, 0.3) is 0 Å². The van der Waals surface area contributed by atoms with E-state index in [0.29, 0.717) is 5.33 Å². The molecule has 0 radical (unpaired) electrons. The van der Waals surface area contributed by atoms with Gasteiger partial charge >= 0.3 is 0 Å². The highest BCUT2D eigenvalue weighted by Crippen LogP contribution is 1.76. The molecule has 1 amide bonds. The summed E-state index contributed by atoms with van der Waals surface area (Å²) in [5, 5.41) is 0.316. The van der Waals surface area contributed by atoms with E-state index in [2.05, 4.69) is 33.5 Å². The molecule has 0 unspecified atom stereocenters. The summed E-state index contributed by atoms with van der Waals surface area (Å²) in [4.78, 5) is 9.95. The molecular weight excluding hydrogens is 166 g/mol. The van der Waals surface area contributed by atoms with Gasteiger partial charge in [0.2, 0.25) is 5.91 Å². The Hall–Kier alpha value is 0.300. The third kappa shape index (κ3) is 2.53. The summed E-state index contributed by atoms with van der Waals surface area (Å²) in [6, 6.07) is 0. The van der Waals surface area contributed by atoms with Crippen molar-refractivity contribution in [2.75, 3.05) is 5.33 Å². The number of amides is 1. The van der Waals surface area contributed by atoms with Gasteiger partial charge in [0.25, 0.3) is 0 Å². The molecule has 0 saturated heterocycles. The molecule has 0 spiro atoms. The lowest BCUT2D eigenvalue weighted by Gasteiger charge is -1.84. The lowest BCUT2D eigenvalue weighted by atomic mass is 10.8. The maximum atomic E-state index is 9.95. The molecule has 4 heteroatoms. The minimum Gasteiger partial charge on any atom is -0.302 e. The van der Waals surface area contributed by atoms with Crippen molar-refractivity contribution in [3.8, 4) is 0 Å². The Balaban J connectivity index is 2.99. The Morgan fingerprint density at radius 3 is 2.50 bits per heavy atom. The molecule has 0 aliphatic heterocycles. The first-order valence-corrected chi connectivity index (χ1v) is 2.87. The van der Waals surface area contributed by atoms with Crippen molar-refractivity contribution in [2.45, 2.75) is 0 Å². The Morgan fingerprint density at radius 1 is 2.00 bits per heavy atom. The van der Waals surface area contributed by atoms with Crippen molar-refractivity contribution in [3.05, 3.63) is 0 Å². The van der Waals surface area contributed by atoms with Crippen molar-refractivity contribution in [2.24, 2.45) is 0 Å². The molecule has 0 fully saturated rings. The molecule has 0 aromatic rings. The van der Waals surface area contributed by atoms with Crippen LogP contribution in [0.15, 0.2) is 0 Å². The highest BCUT2D eigenvalue weighted by Gasteiger charge is 1.87. The Kier molecular flexibility index (Phi) is 3.66. The predicted molar refractivity (Wildman–Crippen MR) is 30.9 cm³/mol. The van der Waals surface area contributed by atoms with E-state index >= 15 is 0 Å².